The van der Waals surface area contributed by atoms with Crippen molar-refractivity contribution >= 4 is 11.6 Å². The number of hydrogen-bond donors (Lipinski definition) is 1. The number of carbonyl (C=O) groups is 1. The van der Waals surface area contributed by atoms with Gasteiger partial charge in [0.25, 0.3) is 0 Å². The number of rotatable bonds is 3. The molecule has 92 valence electrons. The van der Waals surface area contributed by atoms with Crippen LogP contribution >= 0.6 is 0 Å². The van der Waals surface area contributed by atoms with Crippen molar-refractivity contribution in [3.63, 3.8) is 0 Å². The van der Waals surface area contributed by atoms with Gasteiger partial charge < -0.3 is 10.2 Å². The third-order valence-electron chi connectivity index (χ3n) is 2.92. The molecular formula is C14H20N2O. The van der Waals surface area contributed by atoms with E-state index in [0.717, 1.165) is 24.3 Å². The fraction of sp³-hybridized carbons (Fsp3) is 0.500. The SMILES string of the molecule is CC(C)(C)NCCN1C(=O)Cc2ccccc21. The maximum atomic E-state index is 11.9. The normalized spacial score (nSPS) is 15.2. The molecule has 3 heteroatoms. The van der Waals surface area contributed by atoms with Gasteiger partial charge in [-0.1, -0.05) is 18.2 Å². The third kappa shape index (κ3) is 2.86. The number of para-hydroxylation sites is 1. The van der Waals surface area contributed by atoms with Gasteiger partial charge in [-0.15, -0.1) is 0 Å². The second kappa shape index (κ2) is 4.49. The number of nitrogens with one attached hydrogen (secondary N) is 1. The molecule has 1 aromatic carbocycles. The summed E-state index contributed by atoms with van der Waals surface area (Å²) in [5.41, 5.74) is 2.32. The van der Waals surface area contributed by atoms with Gasteiger partial charge in [0, 0.05) is 24.3 Å². The van der Waals surface area contributed by atoms with E-state index < -0.39 is 0 Å². The summed E-state index contributed by atoms with van der Waals surface area (Å²) in [5, 5.41) is 3.41. The summed E-state index contributed by atoms with van der Waals surface area (Å²) in [7, 11) is 0. The van der Waals surface area contributed by atoms with E-state index in [0.29, 0.717) is 6.42 Å². The van der Waals surface area contributed by atoms with Crippen molar-refractivity contribution in [2.24, 2.45) is 0 Å². The average molecular weight is 232 g/mol. The zero-order chi connectivity index (χ0) is 12.5. The van der Waals surface area contributed by atoms with E-state index >= 15 is 0 Å². The maximum Gasteiger partial charge on any atom is 0.231 e. The topological polar surface area (TPSA) is 32.3 Å². The Morgan fingerprint density at radius 3 is 2.71 bits per heavy atom. The van der Waals surface area contributed by atoms with Crippen LogP contribution in [0.1, 0.15) is 26.3 Å². The molecule has 0 aliphatic carbocycles. The summed E-state index contributed by atoms with van der Waals surface area (Å²) in [5.74, 6) is 0.210. The first-order chi connectivity index (χ1) is 7.97. The highest BCUT2D eigenvalue weighted by Crippen LogP contribution is 2.27. The molecule has 17 heavy (non-hydrogen) atoms. The van der Waals surface area contributed by atoms with Crippen LogP contribution in [0, 0.1) is 0 Å². The fourth-order valence-electron chi connectivity index (χ4n) is 2.10. The van der Waals surface area contributed by atoms with Crippen LogP contribution < -0.4 is 10.2 Å². The Bertz CT molecular complexity index is 420. The van der Waals surface area contributed by atoms with E-state index in [4.69, 9.17) is 0 Å². The number of fused-ring (bicyclic) bond motifs is 1. The van der Waals surface area contributed by atoms with Crippen molar-refractivity contribution in [3.05, 3.63) is 29.8 Å². The number of hydrogen-bond acceptors (Lipinski definition) is 2. The first-order valence-corrected chi connectivity index (χ1v) is 6.11. The quantitative estimate of drug-likeness (QED) is 0.864. The zero-order valence-corrected chi connectivity index (χ0v) is 10.8. The zero-order valence-electron chi connectivity index (χ0n) is 10.8. The van der Waals surface area contributed by atoms with Gasteiger partial charge in [0.05, 0.1) is 6.42 Å². The summed E-state index contributed by atoms with van der Waals surface area (Å²) in [6, 6.07) is 8.03. The maximum absolute atomic E-state index is 11.9. The molecule has 1 aliphatic rings. The molecule has 3 nitrogen and oxygen atoms in total. The Labute approximate surface area is 103 Å². The van der Waals surface area contributed by atoms with Crippen LogP contribution in [-0.4, -0.2) is 24.5 Å². The Kier molecular flexibility index (Phi) is 3.20. The molecule has 1 amide bonds. The van der Waals surface area contributed by atoms with Crippen molar-refractivity contribution in [1.82, 2.24) is 5.32 Å². The van der Waals surface area contributed by atoms with Crippen LogP contribution in [0.2, 0.25) is 0 Å². The summed E-state index contributed by atoms with van der Waals surface area (Å²) in [6.07, 6.45) is 0.547. The smallest absolute Gasteiger partial charge is 0.231 e. The van der Waals surface area contributed by atoms with Gasteiger partial charge in [-0.25, -0.2) is 0 Å². The lowest BCUT2D eigenvalue weighted by molar-refractivity contribution is -0.117. The van der Waals surface area contributed by atoms with Crippen molar-refractivity contribution in [2.75, 3.05) is 18.0 Å². The van der Waals surface area contributed by atoms with E-state index in [1.807, 2.05) is 29.2 Å². The molecule has 0 saturated heterocycles. The number of anilines is 1. The van der Waals surface area contributed by atoms with E-state index in [2.05, 4.69) is 26.1 Å². The van der Waals surface area contributed by atoms with E-state index in [9.17, 15) is 4.79 Å². The molecule has 1 aromatic rings. The molecule has 0 saturated carbocycles. The Morgan fingerprint density at radius 1 is 1.29 bits per heavy atom. The summed E-state index contributed by atoms with van der Waals surface area (Å²) >= 11 is 0. The highest BCUT2D eigenvalue weighted by molar-refractivity contribution is 6.01. The molecule has 1 aliphatic heterocycles. The van der Waals surface area contributed by atoms with Crippen molar-refractivity contribution in [1.29, 1.82) is 0 Å². The largest absolute Gasteiger partial charge is 0.311 e. The molecule has 0 atom stereocenters. The third-order valence-corrected chi connectivity index (χ3v) is 2.92. The summed E-state index contributed by atoms with van der Waals surface area (Å²) in [6.45, 7) is 7.96. The van der Waals surface area contributed by atoms with Gasteiger partial charge in [-0.05, 0) is 32.4 Å². The first-order valence-electron chi connectivity index (χ1n) is 6.11. The van der Waals surface area contributed by atoms with E-state index in [1.165, 1.54) is 0 Å². The minimum atomic E-state index is 0.0995. The van der Waals surface area contributed by atoms with Crippen molar-refractivity contribution in [3.8, 4) is 0 Å². The van der Waals surface area contributed by atoms with Gasteiger partial charge in [-0.3, -0.25) is 4.79 Å². The lowest BCUT2D eigenvalue weighted by atomic mass is 10.1. The standard InChI is InChI=1S/C14H20N2O/c1-14(2,3)15-8-9-16-12-7-5-4-6-11(12)10-13(16)17/h4-7,15H,8-10H2,1-3H3. The summed E-state index contributed by atoms with van der Waals surface area (Å²) in [4.78, 5) is 13.8. The van der Waals surface area contributed by atoms with Gasteiger partial charge in [-0.2, -0.15) is 0 Å². The lowest BCUT2D eigenvalue weighted by Gasteiger charge is -2.23. The van der Waals surface area contributed by atoms with Crippen LogP contribution in [0.5, 0.6) is 0 Å². The second-order valence-corrected chi connectivity index (χ2v) is 5.53. The van der Waals surface area contributed by atoms with Crippen molar-refractivity contribution < 1.29 is 4.79 Å². The lowest BCUT2D eigenvalue weighted by Crippen LogP contribution is -2.42. The predicted octanol–water partition coefficient (Wildman–Crippen LogP) is 1.96. The Hall–Kier alpha value is -1.35. The van der Waals surface area contributed by atoms with Gasteiger partial charge in [0.2, 0.25) is 5.91 Å². The van der Waals surface area contributed by atoms with E-state index in [-0.39, 0.29) is 11.4 Å². The molecule has 0 spiro atoms. The minimum absolute atomic E-state index is 0.0995. The molecule has 0 radical (unpaired) electrons. The van der Waals surface area contributed by atoms with Gasteiger partial charge in [0.15, 0.2) is 0 Å². The highest BCUT2D eigenvalue weighted by Gasteiger charge is 2.26. The molecule has 1 heterocycles. The second-order valence-electron chi connectivity index (χ2n) is 5.53. The van der Waals surface area contributed by atoms with Gasteiger partial charge in [0.1, 0.15) is 0 Å². The van der Waals surface area contributed by atoms with Crippen molar-refractivity contribution in [2.45, 2.75) is 32.7 Å². The Morgan fingerprint density at radius 2 is 2.00 bits per heavy atom. The van der Waals surface area contributed by atoms with Crippen LogP contribution in [-0.2, 0) is 11.2 Å². The summed E-state index contributed by atoms with van der Waals surface area (Å²) < 4.78 is 0. The number of amides is 1. The van der Waals surface area contributed by atoms with Crippen LogP contribution in [0.4, 0.5) is 5.69 Å². The Balaban J connectivity index is 2.00. The monoisotopic (exact) mass is 232 g/mol. The molecule has 1 N–H and O–H groups in total. The molecule has 2 rings (SSSR count). The average Bonchev–Trinajstić information content (AvgIpc) is 2.54. The minimum Gasteiger partial charge on any atom is -0.311 e. The van der Waals surface area contributed by atoms with Crippen LogP contribution in [0.15, 0.2) is 24.3 Å². The van der Waals surface area contributed by atoms with Crippen LogP contribution in [0.25, 0.3) is 0 Å². The molecular weight excluding hydrogens is 212 g/mol. The highest BCUT2D eigenvalue weighted by atomic mass is 16.2. The molecule has 0 unspecified atom stereocenters. The molecule has 0 fully saturated rings. The molecule has 0 aromatic heterocycles. The number of nitrogens with zero attached hydrogens (tertiary/aromatic N) is 1. The first kappa shape index (κ1) is 12.1. The molecule has 0 bridgehead atoms. The fourth-order valence-corrected chi connectivity index (χ4v) is 2.10. The predicted molar refractivity (Wildman–Crippen MR) is 70.3 cm³/mol. The van der Waals surface area contributed by atoms with Crippen LogP contribution in [0.3, 0.4) is 0 Å². The van der Waals surface area contributed by atoms with Gasteiger partial charge >= 0.3 is 0 Å². The number of carbonyl (C=O) groups excluding carboxylic acids is 1. The van der Waals surface area contributed by atoms with E-state index in [1.54, 1.807) is 0 Å². The number of benzene rings is 1.